The molecule has 218 valence electrons. The lowest BCUT2D eigenvalue weighted by molar-refractivity contribution is 0.619. The molecule has 7 aromatic rings. The maximum atomic E-state index is 12.8. The molecule has 0 bridgehead atoms. The fourth-order valence-electron chi connectivity index (χ4n) is 5.55. The van der Waals surface area contributed by atoms with E-state index in [4.69, 9.17) is 14.4 Å². The van der Waals surface area contributed by atoms with Crippen LogP contribution in [0.1, 0.15) is 20.8 Å². The average Bonchev–Trinajstić information content (AvgIpc) is 3.38. The van der Waals surface area contributed by atoms with E-state index in [0.29, 0.717) is 16.7 Å². The third kappa shape index (κ3) is 4.86. The van der Waals surface area contributed by atoms with Gasteiger partial charge in [0.2, 0.25) is 0 Å². The molecule has 7 nitrogen and oxygen atoms in total. The Bertz CT molecular complexity index is 2220. The van der Waals surface area contributed by atoms with Gasteiger partial charge in [0, 0.05) is 48.1 Å². The number of nitrogens with zero attached hydrogens (tertiary/aromatic N) is 4. The Morgan fingerprint density at radius 1 is 0.750 bits per heavy atom. The molecule has 0 aliphatic carbocycles. The molecule has 0 aliphatic heterocycles. The van der Waals surface area contributed by atoms with E-state index < -0.39 is 0 Å². The second-order valence-electron chi connectivity index (χ2n) is 12.3. The number of hydrogen-bond donors (Lipinski definition) is 1. The summed E-state index contributed by atoms with van der Waals surface area (Å²) < 4.78 is 8.29. The third-order valence-electron chi connectivity index (χ3n) is 7.67. The molecule has 0 aliphatic rings. The van der Waals surface area contributed by atoms with Gasteiger partial charge in [-0.3, -0.25) is 9.20 Å². The molecule has 7 heteroatoms. The largest absolute Gasteiger partial charge is 0.456 e. The van der Waals surface area contributed by atoms with Crippen molar-refractivity contribution >= 4 is 39.2 Å². The van der Waals surface area contributed by atoms with Crippen molar-refractivity contribution in [3.63, 3.8) is 0 Å². The van der Waals surface area contributed by atoms with Crippen LogP contribution >= 0.6 is 0 Å². The zero-order chi connectivity index (χ0) is 30.6. The van der Waals surface area contributed by atoms with Gasteiger partial charge in [-0.25, -0.2) is 9.97 Å². The van der Waals surface area contributed by atoms with Crippen molar-refractivity contribution in [2.75, 3.05) is 24.3 Å². The van der Waals surface area contributed by atoms with Crippen LogP contribution in [0.5, 0.6) is 0 Å². The minimum Gasteiger partial charge on any atom is -0.456 e. The minimum atomic E-state index is -0.239. The number of hydrogen-bond acceptors (Lipinski definition) is 6. The molecule has 44 heavy (non-hydrogen) atoms. The molecule has 3 heterocycles. The summed E-state index contributed by atoms with van der Waals surface area (Å²) in [5.41, 5.74) is 8.39. The predicted octanol–water partition coefficient (Wildman–Crippen LogP) is 8.27. The quantitative estimate of drug-likeness (QED) is 0.221. The first-order valence-electron chi connectivity index (χ1n) is 14.7. The molecule has 0 unspecified atom stereocenters. The Morgan fingerprint density at radius 2 is 1.39 bits per heavy atom. The van der Waals surface area contributed by atoms with E-state index in [0.717, 1.165) is 56.3 Å². The zero-order valence-corrected chi connectivity index (χ0v) is 25.4. The molecule has 0 atom stereocenters. The first-order valence-corrected chi connectivity index (χ1v) is 14.7. The number of aromatic nitrogens is 3. The van der Waals surface area contributed by atoms with E-state index >= 15 is 0 Å². The van der Waals surface area contributed by atoms with Gasteiger partial charge in [-0.15, -0.1) is 0 Å². The molecule has 0 spiro atoms. The van der Waals surface area contributed by atoms with Crippen LogP contribution in [0.2, 0.25) is 0 Å². The fraction of sp³-hybridized carbons (Fsp3) is 0.162. The van der Waals surface area contributed by atoms with Gasteiger partial charge in [0.15, 0.2) is 11.1 Å². The van der Waals surface area contributed by atoms with Crippen LogP contribution in [0.15, 0.2) is 112 Å². The Kier molecular flexibility index (Phi) is 6.47. The summed E-state index contributed by atoms with van der Waals surface area (Å²) in [6.07, 6.45) is 0. The minimum absolute atomic E-state index is 0.0616. The lowest BCUT2D eigenvalue weighted by Gasteiger charge is -2.23. The van der Waals surface area contributed by atoms with Gasteiger partial charge < -0.3 is 14.6 Å². The summed E-state index contributed by atoms with van der Waals surface area (Å²) in [5.74, 6) is 1.42. The lowest BCUT2D eigenvalue weighted by Crippen LogP contribution is -2.27. The fourth-order valence-corrected chi connectivity index (χ4v) is 5.55. The van der Waals surface area contributed by atoms with Gasteiger partial charge in [-0.1, -0.05) is 60.7 Å². The molecule has 4 aromatic carbocycles. The standard InChI is InChI=1S/C37H33N5O2/c1-37(2,3)40-36-34(24-16-14-23(15-17-24)32-22-30(43)27-10-6-9-13-31(27)44-32)39-35-33(25-18-20-26(21-19-25)41(4)5)38-28-11-7-8-12-29(28)42(35)36/h6-22,40H,1-5H3. The number of nitrogens with one attached hydrogen (secondary N) is 1. The average molecular weight is 580 g/mol. The van der Waals surface area contributed by atoms with E-state index in [1.807, 2.05) is 74.8 Å². The van der Waals surface area contributed by atoms with Gasteiger partial charge in [0.05, 0.1) is 16.4 Å². The first-order chi connectivity index (χ1) is 21.2. The van der Waals surface area contributed by atoms with Crippen molar-refractivity contribution in [3.05, 3.63) is 113 Å². The van der Waals surface area contributed by atoms with Crippen molar-refractivity contribution in [1.82, 2.24) is 14.4 Å². The number of anilines is 2. The van der Waals surface area contributed by atoms with Crippen LogP contribution in [0, 0.1) is 0 Å². The Labute approximate surface area is 255 Å². The normalized spacial score (nSPS) is 11.8. The van der Waals surface area contributed by atoms with E-state index in [1.54, 1.807) is 12.1 Å². The highest BCUT2D eigenvalue weighted by molar-refractivity contribution is 5.92. The lowest BCUT2D eigenvalue weighted by atomic mass is 10.1. The van der Waals surface area contributed by atoms with Gasteiger partial charge >= 0.3 is 0 Å². The molecule has 0 saturated heterocycles. The van der Waals surface area contributed by atoms with E-state index in [-0.39, 0.29) is 11.0 Å². The molecule has 0 fully saturated rings. The van der Waals surface area contributed by atoms with Crippen LogP contribution < -0.4 is 15.6 Å². The van der Waals surface area contributed by atoms with Crippen molar-refractivity contribution < 1.29 is 4.42 Å². The maximum absolute atomic E-state index is 12.8. The highest BCUT2D eigenvalue weighted by atomic mass is 16.3. The Morgan fingerprint density at radius 3 is 2.11 bits per heavy atom. The van der Waals surface area contributed by atoms with Crippen molar-refractivity contribution in [2.24, 2.45) is 0 Å². The van der Waals surface area contributed by atoms with Crippen LogP contribution in [0.25, 0.3) is 61.5 Å². The molecular formula is C37H33N5O2. The molecule has 0 radical (unpaired) electrons. The van der Waals surface area contributed by atoms with E-state index in [1.165, 1.54) is 0 Å². The summed E-state index contributed by atoms with van der Waals surface area (Å²) in [7, 11) is 4.07. The van der Waals surface area contributed by atoms with E-state index in [9.17, 15) is 4.79 Å². The topological polar surface area (TPSA) is 75.7 Å². The predicted molar refractivity (Wildman–Crippen MR) is 181 cm³/mol. The molecule has 0 saturated carbocycles. The van der Waals surface area contributed by atoms with Gasteiger partial charge in [0.1, 0.15) is 28.5 Å². The number of fused-ring (bicyclic) bond motifs is 4. The Balaban J connectivity index is 1.43. The highest BCUT2D eigenvalue weighted by Crippen LogP contribution is 2.37. The second kappa shape index (κ2) is 10.4. The van der Waals surface area contributed by atoms with Gasteiger partial charge in [0.25, 0.3) is 0 Å². The SMILES string of the molecule is CN(C)c1ccc(-c2nc3ccccc3n3c(NC(C)(C)C)c(-c4ccc(-c5cc(=O)c6ccccc6o5)cc4)nc23)cc1. The highest BCUT2D eigenvalue weighted by Gasteiger charge is 2.24. The first kappa shape index (κ1) is 27.4. The molecule has 7 rings (SSSR count). The second-order valence-corrected chi connectivity index (χ2v) is 12.3. The van der Waals surface area contributed by atoms with Crippen molar-refractivity contribution in [1.29, 1.82) is 0 Å². The van der Waals surface area contributed by atoms with Crippen LogP contribution in [-0.2, 0) is 0 Å². The number of para-hydroxylation sites is 3. The molecule has 1 N–H and O–H groups in total. The maximum Gasteiger partial charge on any atom is 0.193 e. The van der Waals surface area contributed by atoms with Crippen LogP contribution in [0.4, 0.5) is 11.5 Å². The van der Waals surface area contributed by atoms with Crippen LogP contribution in [0.3, 0.4) is 0 Å². The summed E-state index contributed by atoms with van der Waals surface area (Å²) in [6, 6.07) is 33.5. The third-order valence-corrected chi connectivity index (χ3v) is 7.67. The van der Waals surface area contributed by atoms with Crippen molar-refractivity contribution in [2.45, 2.75) is 26.3 Å². The van der Waals surface area contributed by atoms with E-state index in [2.05, 4.69) is 65.7 Å². The van der Waals surface area contributed by atoms with Gasteiger partial charge in [-0.2, -0.15) is 0 Å². The molecule has 3 aromatic heterocycles. The summed E-state index contributed by atoms with van der Waals surface area (Å²) >= 11 is 0. The summed E-state index contributed by atoms with van der Waals surface area (Å²) in [5, 5.41) is 4.32. The molecule has 0 amide bonds. The Hall–Kier alpha value is -5.43. The monoisotopic (exact) mass is 579 g/mol. The zero-order valence-electron chi connectivity index (χ0n) is 25.4. The van der Waals surface area contributed by atoms with Crippen molar-refractivity contribution in [3.8, 4) is 33.8 Å². The summed E-state index contributed by atoms with van der Waals surface area (Å²) in [4.78, 5) is 25.2. The van der Waals surface area contributed by atoms with Gasteiger partial charge in [-0.05, 0) is 57.2 Å². The number of rotatable bonds is 5. The summed E-state index contributed by atoms with van der Waals surface area (Å²) in [6.45, 7) is 6.43. The number of benzene rings is 4. The number of imidazole rings is 1. The van der Waals surface area contributed by atoms with Crippen LogP contribution in [-0.4, -0.2) is 34.0 Å². The smallest absolute Gasteiger partial charge is 0.193 e. The molecular weight excluding hydrogens is 546 g/mol.